The van der Waals surface area contributed by atoms with Crippen LogP contribution in [0, 0.1) is 11.8 Å². The molecule has 0 radical (unpaired) electrons. The van der Waals surface area contributed by atoms with E-state index >= 15 is 0 Å². The average Bonchev–Trinajstić information content (AvgIpc) is 2.72. The van der Waals surface area contributed by atoms with Crippen molar-refractivity contribution in [2.24, 2.45) is 11.8 Å². The number of carbonyl (C=O) groups is 1. The van der Waals surface area contributed by atoms with Crippen molar-refractivity contribution < 1.29 is 9.53 Å². The molecule has 4 nitrogen and oxygen atoms in total. The highest BCUT2D eigenvalue weighted by molar-refractivity contribution is 5.94. The van der Waals surface area contributed by atoms with E-state index in [1.807, 2.05) is 6.07 Å². The zero-order chi connectivity index (χ0) is 20.4. The van der Waals surface area contributed by atoms with Gasteiger partial charge in [-0.3, -0.25) is 4.79 Å². The molecule has 1 heterocycles. The quantitative estimate of drug-likeness (QED) is 0.772. The summed E-state index contributed by atoms with van der Waals surface area (Å²) in [5.41, 5.74) is 5.18. The Hall–Kier alpha value is -2.33. The zero-order valence-corrected chi connectivity index (χ0v) is 17.9. The third-order valence-corrected chi connectivity index (χ3v) is 6.36. The summed E-state index contributed by atoms with van der Waals surface area (Å²) in [6.07, 6.45) is 4.78. The standard InChI is InChI=1S/C25H32N2O2/c1-26(2)16-19-13-22-6-4-5-7-24(22)27(17-19)25(28)14-18-8-9-21-15-23(29-3)11-10-20(21)12-18/h4-7,10-11,15,18-19H,8-9,12-14,16-17H2,1-3H3. The van der Waals surface area contributed by atoms with Gasteiger partial charge in [-0.2, -0.15) is 0 Å². The van der Waals surface area contributed by atoms with Crippen molar-refractivity contribution in [2.45, 2.75) is 32.1 Å². The Balaban J connectivity index is 1.47. The highest BCUT2D eigenvalue weighted by Gasteiger charge is 2.30. The van der Waals surface area contributed by atoms with Gasteiger partial charge in [-0.05, 0) is 86.5 Å². The van der Waals surface area contributed by atoms with Crippen LogP contribution in [0.15, 0.2) is 42.5 Å². The van der Waals surface area contributed by atoms with Crippen molar-refractivity contribution in [1.29, 1.82) is 0 Å². The van der Waals surface area contributed by atoms with Gasteiger partial charge in [-0.1, -0.05) is 24.3 Å². The Labute approximate surface area is 174 Å². The van der Waals surface area contributed by atoms with Crippen molar-refractivity contribution >= 4 is 11.6 Å². The molecule has 2 aliphatic rings. The molecule has 0 aromatic heterocycles. The van der Waals surface area contributed by atoms with Crippen LogP contribution in [0.4, 0.5) is 5.69 Å². The third kappa shape index (κ3) is 4.48. The van der Waals surface area contributed by atoms with Gasteiger partial charge in [0.15, 0.2) is 0 Å². The summed E-state index contributed by atoms with van der Waals surface area (Å²) in [5.74, 6) is 2.12. The van der Waals surface area contributed by atoms with Crippen LogP contribution in [0.2, 0.25) is 0 Å². The van der Waals surface area contributed by atoms with E-state index in [0.29, 0.717) is 18.3 Å². The van der Waals surface area contributed by atoms with Gasteiger partial charge < -0.3 is 14.5 Å². The molecule has 29 heavy (non-hydrogen) atoms. The zero-order valence-electron chi connectivity index (χ0n) is 17.9. The van der Waals surface area contributed by atoms with E-state index in [9.17, 15) is 4.79 Å². The monoisotopic (exact) mass is 392 g/mol. The maximum atomic E-state index is 13.4. The lowest BCUT2D eigenvalue weighted by Crippen LogP contribution is -2.43. The molecule has 2 atom stereocenters. The van der Waals surface area contributed by atoms with E-state index in [1.54, 1.807) is 7.11 Å². The van der Waals surface area contributed by atoms with Crippen LogP contribution in [0.5, 0.6) is 5.75 Å². The van der Waals surface area contributed by atoms with E-state index < -0.39 is 0 Å². The Morgan fingerprint density at radius 2 is 1.86 bits per heavy atom. The number of methoxy groups -OCH3 is 1. The summed E-state index contributed by atoms with van der Waals surface area (Å²) in [5, 5.41) is 0. The second-order valence-corrected chi connectivity index (χ2v) is 8.91. The molecule has 0 bridgehead atoms. The van der Waals surface area contributed by atoms with Crippen molar-refractivity contribution in [3.8, 4) is 5.75 Å². The van der Waals surface area contributed by atoms with E-state index in [0.717, 1.165) is 50.2 Å². The smallest absolute Gasteiger partial charge is 0.227 e. The maximum Gasteiger partial charge on any atom is 0.227 e. The number of aryl methyl sites for hydroxylation is 1. The van der Waals surface area contributed by atoms with Crippen LogP contribution in [-0.2, 0) is 24.1 Å². The number of carbonyl (C=O) groups excluding carboxylic acids is 1. The predicted molar refractivity (Wildman–Crippen MR) is 118 cm³/mol. The molecule has 1 aliphatic carbocycles. The number of fused-ring (bicyclic) bond motifs is 2. The Kier molecular flexibility index (Phi) is 5.91. The molecule has 2 aromatic carbocycles. The molecular weight excluding hydrogens is 360 g/mol. The minimum Gasteiger partial charge on any atom is -0.497 e. The van der Waals surface area contributed by atoms with Gasteiger partial charge in [-0.25, -0.2) is 0 Å². The van der Waals surface area contributed by atoms with Crippen LogP contribution in [0.1, 0.15) is 29.5 Å². The highest BCUT2D eigenvalue weighted by Crippen LogP contribution is 2.34. The van der Waals surface area contributed by atoms with Gasteiger partial charge in [0, 0.05) is 25.2 Å². The van der Waals surface area contributed by atoms with Crippen LogP contribution in [0.3, 0.4) is 0 Å². The normalized spacial score (nSPS) is 20.9. The molecule has 0 spiro atoms. The number of benzene rings is 2. The van der Waals surface area contributed by atoms with Crippen LogP contribution >= 0.6 is 0 Å². The summed E-state index contributed by atoms with van der Waals surface area (Å²) in [6.45, 7) is 1.84. The Morgan fingerprint density at radius 3 is 2.66 bits per heavy atom. The van der Waals surface area contributed by atoms with Gasteiger partial charge in [0.2, 0.25) is 5.91 Å². The SMILES string of the molecule is COc1ccc2c(c1)CCC(CC(=O)N1CC(CN(C)C)Cc3ccccc31)C2. The summed E-state index contributed by atoms with van der Waals surface area (Å²) in [6, 6.07) is 14.8. The molecule has 154 valence electrons. The van der Waals surface area contributed by atoms with Crippen molar-refractivity contribution in [1.82, 2.24) is 4.90 Å². The summed E-state index contributed by atoms with van der Waals surface area (Å²) < 4.78 is 5.36. The number of ether oxygens (including phenoxy) is 1. The first-order valence-corrected chi connectivity index (χ1v) is 10.7. The number of hydrogen-bond donors (Lipinski definition) is 0. The van der Waals surface area contributed by atoms with Crippen molar-refractivity contribution in [3.63, 3.8) is 0 Å². The maximum absolute atomic E-state index is 13.4. The van der Waals surface area contributed by atoms with Gasteiger partial charge in [0.25, 0.3) is 0 Å². The number of nitrogens with zero attached hydrogens (tertiary/aromatic N) is 2. The predicted octanol–water partition coefficient (Wildman–Crippen LogP) is 3.96. The highest BCUT2D eigenvalue weighted by atomic mass is 16.5. The van der Waals surface area contributed by atoms with Crippen LogP contribution < -0.4 is 9.64 Å². The molecule has 0 saturated heterocycles. The number of rotatable bonds is 5. The molecule has 0 N–H and O–H groups in total. The summed E-state index contributed by atoms with van der Waals surface area (Å²) in [7, 11) is 5.94. The minimum absolute atomic E-state index is 0.280. The lowest BCUT2D eigenvalue weighted by molar-refractivity contribution is -0.119. The molecule has 1 aliphatic heterocycles. The molecule has 4 heteroatoms. The van der Waals surface area contributed by atoms with E-state index in [1.165, 1.54) is 16.7 Å². The van der Waals surface area contributed by atoms with Gasteiger partial charge in [0.05, 0.1) is 7.11 Å². The van der Waals surface area contributed by atoms with Crippen molar-refractivity contribution in [2.75, 3.05) is 39.2 Å². The second kappa shape index (κ2) is 8.58. The lowest BCUT2D eigenvalue weighted by atomic mass is 9.81. The number of amides is 1. The average molecular weight is 393 g/mol. The lowest BCUT2D eigenvalue weighted by Gasteiger charge is -2.37. The molecule has 2 unspecified atom stereocenters. The molecule has 2 aromatic rings. The first-order valence-electron chi connectivity index (χ1n) is 10.7. The minimum atomic E-state index is 0.280. The molecule has 0 saturated carbocycles. The van der Waals surface area contributed by atoms with E-state index in [-0.39, 0.29) is 5.91 Å². The first kappa shape index (κ1) is 20.0. The number of para-hydroxylation sites is 1. The summed E-state index contributed by atoms with van der Waals surface area (Å²) >= 11 is 0. The molecule has 1 amide bonds. The topological polar surface area (TPSA) is 32.8 Å². The third-order valence-electron chi connectivity index (χ3n) is 6.36. The van der Waals surface area contributed by atoms with Gasteiger partial charge in [0.1, 0.15) is 5.75 Å². The van der Waals surface area contributed by atoms with Gasteiger partial charge in [-0.15, -0.1) is 0 Å². The molecular formula is C25H32N2O2. The Morgan fingerprint density at radius 1 is 1.07 bits per heavy atom. The Bertz CT molecular complexity index is 877. The van der Waals surface area contributed by atoms with E-state index in [4.69, 9.17) is 4.74 Å². The van der Waals surface area contributed by atoms with Crippen molar-refractivity contribution in [3.05, 3.63) is 59.2 Å². The fourth-order valence-electron chi connectivity index (χ4n) is 5.02. The molecule has 0 fully saturated rings. The van der Waals surface area contributed by atoms with E-state index in [2.05, 4.69) is 60.3 Å². The van der Waals surface area contributed by atoms with Gasteiger partial charge >= 0.3 is 0 Å². The van der Waals surface area contributed by atoms with Crippen LogP contribution in [-0.4, -0.2) is 45.1 Å². The fraction of sp³-hybridized carbons (Fsp3) is 0.480. The largest absolute Gasteiger partial charge is 0.497 e. The fourth-order valence-corrected chi connectivity index (χ4v) is 5.02. The first-order chi connectivity index (χ1) is 14.0. The van der Waals surface area contributed by atoms with Crippen LogP contribution in [0.25, 0.3) is 0 Å². The molecule has 4 rings (SSSR count). The second-order valence-electron chi connectivity index (χ2n) is 8.91. The number of anilines is 1. The summed E-state index contributed by atoms with van der Waals surface area (Å²) in [4.78, 5) is 17.7. The number of hydrogen-bond acceptors (Lipinski definition) is 3.